The van der Waals surface area contributed by atoms with Crippen molar-refractivity contribution in [2.24, 2.45) is 0 Å². The third-order valence-corrected chi connectivity index (χ3v) is 4.21. The number of benzene rings is 2. The van der Waals surface area contributed by atoms with Gasteiger partial charge in [0, 0.05) is 23.5 Å². The van der Waals surface area contributed by atoms with Gasteiger partial charge in [0.05, 0.1) is 5.02 Å². The lowest BCUT2D eigenvalue weighted by Gasteiger charge is -2.06. The van der Waals surface area contributed by atoms with Crippen LogP contribution in [0.4, 0.5) is 0 Å². The molecule has 21 heavy (non-hydrogen) atoms. The lowest BCUT2D eigenvalue weighted by molar-refractivity contribution is 0.631. The summed E-state index contributed by atoms with van der Waals surface area (Å²) in [6, 6.07) is 16.9. The highest BCUT2D eigenvalue weighted by Crippen LogP contribution is 2.33. The quantitative estimate of drug-likeness (QED) is 0.732. The van der Waals surface area contributed by atoms with Gasteiger partial charge in [0.25, 0.3) is 0 Å². The molecule has 1 aromatic heterocycles. The maximum absolute atomic E-state index is 6.43. The minimum atomic E-state index is 0.707. The summed E-state index contributed by atoms with van der Waals surface area (Å²) in [5.41, 5.74) is 3.05. The van der Waals surface area contributed by atoms with Crippen LogP contribution < -0.4 is 5.32 Å². The lowest BCUT2D eigenvalue weighted by atomic mass is 10.1. The van der Waals surface area contributed by atoms with Crippen LogP contribution in [-0.2, 0) is 6.54 Å². The molecule has 0 amide bonds. The first-order valence-electron chi connectivity index (χ1n) is 7.30. The summed E-state index contributed by atoms with van der Waals surface area (Å²) in [6.45, 7) is 0.880. The molecule has 1 heterocycles. The van der Waals surface area contributed by atoms with E-state index >= 15 is 0 Å². The number of nitrogens with one attached hydrogen (secondary N) is 1. The second-order valence-corrected chi connectivity index (χ2v) is 6.03. The van der Waals surface area contributed by atoms with Crippen molar-refractivity contribution in [1.82, 2.24) is 5.32 Å². The van der Waals surface area contributed by atoms with Crippen LogP contribution >= 0.6 is 11.6 Å². The van der Waals surface area contributed by atoms with Crippen molar-refractivity contribution in [2.45, 2.75) is 25.4 Å². The van der Waals surface area contributed by atoms with Gasteiger partial charge in [-0.1, -0.05) is 35.9 Å². The van der Waals surface area contributed by atoms with Crippen LogP contribution in [-0.4, -0.2) is 6.04 Å². The van der Waals surface area contributed by atoms with E-state index in [1.54, 1.807) is 0 Å². The van der Waals surface area contributed by atoms with Gasteiger partial charge in [-0.3, -0.25) is 0 Å². The minimum absolute atomic E-state index is 0.707. The van der Waals surface area contributed by atoms with Crippen molar-refractivity contribution < 1.29 is 4.42 Å². The highest BCUT2D eigenvalue weighted by Gasteiger charge is 2.20. The Hall–Kier alpha value is -1.77. The molecule has 106 valence electrons. The maximum Gasteiger partial charge on any atom is 0.136 e. The summed E-state index contributed by atoms with van der Waals surface area (Å²) in [6.07, 6.45) is 2.59. The topological polar surface area (TPSA) is 25.2 Å². The first-order valence-corrected chi connectivity index (χ1v) is 7.68. The average Bonchev–Trinajstić information content (AvgIpc) is 3.22. The largest absolute Gasteiger partial charge is 0.456 e. The van der Waals surface area contributed by atoms with E-state index in [4.69, 9.17) is 16.0 Å². The Kier molecular flexibility index (Phi) is 3.21. The third kappa shape index (κ3) is 2.69. The molecule has 0 saturated heterocycles. The van der Waals surface area contributed by atoms with Crippen LogP contribution in [0.2, 0.25) is 5.02 Å². The number of fused-ring (bicyclic) bond motifs is 1. The average molecular weight is 298 g/mol. The van der Waals surface area contributed by atoms with E-state index in [9.17, 15) is 0 Å². The van der Waals surface area contributed by atoms with Gasteiger partial charge < -0.3 is 9.73 Å². The van der Waals surface area contributed by atoms with Crippen LogP contribution in [0.25, 0.3) is 22.3 Å². The zero-order valence-corrected chi connectivity index (χ0v) is 12.4. The number of hydrogen-bond acceptors (Lipinski definition) is 2. The Balaban J connectivity index is 1.64. The summed E-state index contributed by atoms with van der Waals surface area (Å²) in [4.78, 5) is 0. The minimum Gasteiger partial charge on any atom is -0.456 e. The predicted molar refractivity (Wildman–Crippen MR) is 86.5 cm³/mol. The van der Waals surface area contributed by atoms with Crippen molar-refractivity contribution in [1.29, 1.82) is 0 Å². The molecule has 3 heteroatoms. The fourth-order valence-electron chi connectivity index (χ4n) is 2.53. The van der Waals surface area contributed by atoms with Crippen molar-refractivity contribution in [2.75, 3.05) is 0 Å². The Morgan fingerprint density at radius 1 is 1.10 bits per heavy atom. The molecular weight excluding hydrogens is 282 g/mol. The van der Waals surface area contributed by atoms with E-state index < -0.39 is 0 Å². The predicted octanol–water partition coefficient (Wildman–Crippen LogP) is 5.01. The molecule has 0 unspecified atom stereocenters. The van der Waals surface area contributed by atoms with Crippen LogP contribution in [0.1, 0.15) is 18.4 Å². The van der Waals surface area contributed by atoms with Crippen LogP contribution in [0, 0.1) is 0 Å². The smallest absolute Gasteiger partial charge is 0.136 e. The third-order valence-electron chi connectivity index (χ3n) is 3.90. The van der Waals surface area contributed by atoms with Gasteiger partial charge in [-0.25, -0.2) is 0 Å². The molecule has 1 aliphatic rings. The molecule has 1 saturated carbocycles. The van der Waals surface area contributed by atoms with Gasteiger partial charge in [-0.2, -0.15) is 0 Å². The summed E-state index contributed by atoms with van der Waals surface area (Å²) in [5, 5.41) is 5.34. The van der Waals surface area contributed by atoms with Gasteiger partial charge in [0.2, 0.25) is 0 Å². The van der Waals surface area contributed by atoms with Crippen molar-refractivity contribution in [3.8, 4) is 11.3 Å². The van der Waals surface area contributed by atoms with Crippen LogP contribution in [0.15, 0.2) is 52.9 Å². The van der Waals surface area contributed by atoms with E-state index in [1.807, 2.05) is 42.5 Å². The molecular formula is C18H16ClNO. The van der Waals surface area contributed by atoms with Gasteiger partial charge in [-0.05, 0) is 42.7 Å². The first-order chi connectivity index (χ1) is 10.3. The first kappa shape index (κ1) is 12.9. The zero-order chi connectivity index (χ0) is 14.2. The molecule has 1 aliphatic carbocycles. The van der Waals surface area contributed by atoms with Crippen LogP contribution in [0.3, 0.4) is 0 Å². The molecule has 0 bridgehead atoms. The highest BCUT2D eigenvalue weighted by molar-refractivity contribution is 6.33. The van der Waals surface area contributed by atoms with Crippen molar-refractivity contribution >= 4 is 22.6 Å². The van der Waals surface area contributed by atoms with Gasteiger partial charge in [-0.15, -0.1) is 0 Å². The Bertz CT molecular complexity index is 756. The van der Waals surface area contributed by atoms with Gasteiger partial charge in [0.15, 0.2) is 0 Å². The standard InChI is InChI=1S/C18H16ClNO/c19-16-9-12(11-20-14-6-7-14)5-8-15(16)18-10-13-3-1-2-4-17(13)21-18/h1-5,8-10,14,20H,6-7,11H2. The molecule has 3 aromatic rings. The molecule has 2 nitrogen and oxygen atoms in total. The highest BCUT2D eigenvalue weighted by atomic mass is 35.5. The lowest BCUT2D eigenvalue weighted by Crippen LogP contribution is -2.15. The normalized spacial score (nSPS) is 14.7. The second kappa shape index (κ2) is 5.21. The Labute approximate surface area is 128 Å². The van der Waals surface area contributed by atoms with Crippen LogP contribution in [0.5, 0.6) is 0 Å². The SMILES string of the molecule is Clc1cc(CNC2CC2)ccc1-c1cc2ccccc2o1. The van der Waals surface area contributed by atoms with E-state index in [2.05, 4.69) is 11.4 Å². The number of hydrogen-bond donors (Lipinski definition) is 1. The molecule has 0 aliphatic heterocycles. The van der Waals surface area contributed by atoms with Gasteiger partial charge >= 0.3 is 0 Å². The molecule has 0 spiro atoms. The molecule has 1 N–H and O–H groups in total. The molecule has 0 radical (unpaired) electrons. The number of rotatable bonds is 4. The number of para-hydroxylation sites is 1. The summed E-state index contributed by atoms with van der Waals surface area (Å²) >= 11 is 6.43. The fraction of sp³-hybridized carbons (Fsp3) is 0.222. The maximum atomic E-state index is 6.43. The van der Waals surface area contributed by atoms with E-state index in [-0.39, 0.29) is 0 Å². The van der Waals surface area contributed by atoms with Crippen molar-refractivity contribution in [3.63, 3.8) is 0 Å². The fourth-order valence-corrected chi connectivity index (χ4v) is 2.83. The Morgan fingerprint density at radius 3 is 2.71 bits per heavy atom. The number of furan rings is 1. The summed E-state index contributed by atoms with van der Waals surface area (Å²) in [7, 11) is 0. The van der Waals surface area contributed by atoms with E-state index in [0.717, 1.165) is 33.9 Å². The molecule has 1 fully saturated rings. The monoisotopic (exact) mass is 297 g/mol. The molecule has 2 aromatic carbocycles. The van der Waals surface area contributed by atoms with Crippen molar-refractivity contribution in [3.05, 3.63) is 59.1 Å². The van der Waals surface area contributed by atoms with E-state index in [1.165, 1.54) is 18.4 Å². The summed E-state index contributed by atoms with van der Waals surface area (Å²) < 4.78 is 5.88. The van der Waals surface area contributed by atoms with Gasteiger partial charge in [0.1, 0.15) is 11.3 Å². The molecule has 4 rings (SSSR count). The second-order valence-electron chi connectivity index (χ2n) is 5.62. The summed E-state index contributed by atoms with van der Waals surface area (Å²) in [5.74, 6) is 0.822. The Morgan fingerprint density at radius 2 is 1.95 bits per heavy atom. The van der Waals surface area contributed by atoms with E-state index in [0.29, 0.717) is 6.04 Å². The number of halogens is 1. The molecule has 0 atom stereocenters. The zero-order valence-electron chi connectivity index (χ0n) is 11.6.